The monoisotopic (exact) mass is 356 g/mol. The maximum Gasteiger partial charge on any atom is 0.230 e. The molecule has 0 radical (unpaired) electrons. The Morgan fingerprint density at radius 2 is 1.92 bits per heavy atom. The van der Waals surface area contributed by atoms with E-state index in [2.05, 4.69) is 46.0 Å². The highest BCUT2D eigenvalue weighted by Gasteiger charge is 2.49. The second kappa shape index (κ2) is 6.41. The number of likely N-dealkylation sites (tertiary alicyclic amines) is 1. The topological polar surface area (TPSA) is 49.3 Å². The van der Waals surface area contributed by atoms with Gasteiger partial charge < -0.3 is 9.80 Å². The predicted octanol–water partition coefficient (Wildman–Crippen LogP) is 3.43. The van der Waals surface area contributed by atoms with E-state index in [1.54, 1.807) is 11.3 Å². The lowest BCUT2D eigenvalue weighted by atomic mass is 9.78. The van der Waals surface area contributed by atoms with Gasteiger partial charge >= 0.3 is 0 Å². The summed E-state index contributed by atoms with van der Waals surface area (Å²) in [7, 11) is 0. The van der Waals surface area contributed by atoms with Gasteiger partial charge in [0.05, 0.1) is 5.41 Å². The molecule has 6 heteroatoms. The van der Waals surface area contributed by atoms with Gasteiger partial charge in [-0.05, 0) is 33.1 Å². The Morgan fingerprint density at radius 1 is 1.12 bits per heavy atom. The number of hydrogen-bond acceptors (Lipinski definition) is 5. The predicted molar refractivity (Wildman–Crippen MR) is 101 cm³/mol. The molecule has 5 nitrogen and oxygen atoms in total. The molecule has 1 aromatic carbocycles. The van der Waals surface area contributed by atoms with Crippen LogP contribution >= 0.6 is 11.3 Å². The van der Waals surface area contributed by atoms with Crippen molar-refractivity contribution in [3.8, 4) is 10.6 Å². The molecular weight excluding hydrogens is 332 g/mol. The van der Waals surface area contributed by atoms with Crippen LogP contribution in [-0.4, -0.2) is 46.7 Å². The third-order valence-electron chi connectivity index (χ3n) is 5.45. The minimum absolute atomic E-state index is 0.221. The van der Waals surface area contributed by atoms with Crippen LogP contribution in [-0.2, 0) is 4.79 Å². The molecule has 1 atom stereocenters. The third-order valence-corrected chi connectivity index (χ3v) is 6.48. The van der Waals surface area contributed by atoms with Crippen LogP contribution < -0.4 is 4.90 Å². The highest BCUT2D eigenvalue weighted by atomic mass is 32.1. The molecule has 1 amide bonds. The van der Waals surface area contributed by atoms with Gasteiger partial charge in [0.15, 0.2) is 0 Å². The molecule has 0 saturated carbocycles. The van der Waals surface area contributed by atoms with Crippen LogP contribution in [0.15, 0.2) is 30.3 Å². The van der Waals surface area contributed by atoms with E-state index in [0.29, 0.717) is 5.91 Å². The zero-order chi connectivity index (χ0) is 17.4. The molecule has 0 aliphatic carbocycles. The Labute approximate surface area is 152 Å². The minimum Gasteiger partial charge on any atom is -0.346 e. The van der Waals surface area contributed by atoms with E-state index in [-0.39, 0.29) is 11.5 Å². The van der Waals surface area contributed by atoms with E-state index >= 15 is 0 Å². The number of carbonyl (C=O) groups is 1. The van der Waals surface area contributed by atoms with Crippen LogP contribution in [0.3, 0.4) is 0 Å². The molecule has 2 aliphatic heterocycles. The smallest absolute Gasteiger partial charge is 0.230 e. The summed E-state index contributed by atoms with van der Waals surface area (Å²) in [5.41, 5.74) is 0.876. The van der Waals surface area contributed by atoms with Gasteiger partial charge in [-0.25, -0.2) is 0 Å². The molecule has 2 aliphatic rings. The maximum absolute atomic E-state index is 13.1. The van der Waals surface area contributed by atoms with E-state index in [1.165, 1.54) is 0 Å². The van der Waals surface area contributed by atoms with Gasteiger partial charge in [-0.3, -0.25) is 4.79 Å². The first kappa shape index (κ1) is 16.5. The van der Waals surface area contributed by atoms with Crippen LogP contribution in [0.4, 0.5) is 5.13 Å². The van der Waals surface area contributed by atoms with Crippen molar-refractivity contribution in [2.45, 2.75) is 39.2 Å². The van der Waals surface area contributed by atoms with E-state index in [0.717, 1.165) is 54.6 Å². The van der Waals surface area contributed by atoms with Crippen molar-refractivity contribution in [2.24, 2.45) is 5.41 Å². The molecule has 3 heterocycles. The van der Waals surface area contributed by atoms with Crippen LogP contribution in [0.2, 0.25) is 0 Å². The van der Waals surface area contributed by atoms with Gasteiger partial charge in [0, 0.05) is 31.2 Å². The Balaban J connectivity index is 1.53. The number of anilines is 1. The Kier molecular flexibility index (Phi) is 4.23. The fraction of sp³-hybridized carbons (Fsp3) is 0.526. The zero-order valence-electron chi connectivity index (χ0n) is 14.8. The number of nitrogens with zero attached hydrogens (tertiary/aromatic N) is 4. The van der Waals surface area contributed by atoms with Crippen LogP contribution in [0, 0.1) is 5.41 Å². The molecule has 0 N–H and O–H groups in total. The van der Waals surface area contributed by atoms with E-state index in [1.807, 2.05) is 18.2 Å². The molecule has 2 saturated heterocycles. The molecule has 2 aromatic rings. The Hall–Kier alpha value is -1.95. The van der Waals surface area contributed by atoms with Gasteiger partial charge in [-0.2, -0.15) is 0 Å². The Bertz CT molecular complexity index is 760. The van der Waals surface area contributed by atoms with Gasteiger partial charge in [-0.1, -0.05) is 41.7 Å². The van der Waals surface area contributed by atoms with Crippen molar-refractivity contribution >= 4 is 22.4 Å². The van der Waals surface area contributed by atoms with Gasteiger partial charge in [-0.15, -0.1) is 10.2 Å². The third kappa shape index (κ3) is 2.92. The highest BCUT2D eigenvalue weighted by molar-refractivity contribution is 7.18. The first-order chi connectivity index (χ1) is 12.1. The standard InChI is InChI=1S/C19H24N4OS/c1-14(2)23-11-6-9-19(17(23)24)10-12-22(13-19)18-21-20-16(25-18)15-7-4-3-5-8-15/h3-5,7-8,14H,6,9-13H2,1-2H3/t19-/m1/s1. The number of hydrogen-bond donors (Lipinski definition) is 0. The molecular formula is C19H24N4OS. The molecule has 132 valence electrons. The quantitative estimate of drug-likeness (QED) is 0.845. The lowest BCUT2D eigenvalue weighted by Gasteiger charge is -2.41. The summed E-state index contributed by atoms with van der Waals surface area (Å²) in [4.78, 5) is 17.4. The van der Waals surface area contributed by atoms with E-state index in [9.17, 15) is 4.79 Å². The number of amides is 1. The van der Waals surface area contributed by atoms with Crippen molar-refractivity contribution in [2.75, 3.05) is 24.5 Å². The normalized spacial score (nSPS) is 23.9. The molecule has 2 fully saturated rings. The molecule has 1 aromatic heterocycles. The van der Waals surface area contributed by atoms with Crippen molar-refractivity contribution in [1.82, 2.24) is 15.1 Å². The number of piperidine rings is 1. The molecule has 0 unspecified atom stereocenters. The van der Waals surface area contributed by atoms with Gasteiger partial charge in [0.1, 0.15) is 5.01 Å². The average Bonchev–Trinajstić information content (AvgIpc) is 3.26. The van der Waals surface area contributed by atoms with E-state index in [4.69, 9.17) is 0 Å². The maximum atomic E-state index is 13.1. The molecule has 25 heavy (non-hydrogen) atoms. The summed E-state index contributed by atoms with van der Waals surface area (Å²) in [5, 5.41) is 10.6. The van der Waals surface area contributed by atoms with Gasteiger partial charge in [0.25, 0.3) is 0 Å². The lowest BCUT2D eigenvalue weighted by molar-refractivity contribution is -0.147. The molecule has 1 spiro atoms. The highest BCUT2D eigenvalue weighted by Crippen LogP contribution is 2.43. The fourth-order valence-corrected chi connectivity index (χ4v) is 4.92. The summed E-state index contributed by atoms with van der Waals surface area (Å²) < 4.78 is 0. The number of aromatic nitrogens is 2. The first-order valence-electron chi connectivity index (χ1n) is 9.04. The largest absolute Gasteiger partial charge is 0.346 e. The summed E-state index contributed by atoms with van der Waals surface area (Å²) >= 11 is 1.62. The van der Waals surface area contributed by atoms with Crippen LogP contribution in [0.25, 0.3) is 10.6 Å². The van der Waals surface area contributed by atoms with Crippen molar-refractivity contribution < 1.29 is 4.79 Å². The Morgan fingerprint density at radius 3 is 2.68 bits per heavy atom. The summed E-state index contributed by atoms with van der Waals surface area (Å²) in [6.07, 6.45) is 3.02. The van der Waals surface area contributed by atoms with Crippen molar-refractivity contribution in [3.63, 3.8) is 0 Å². The van der Waals surface area contributed by atoms with Gasteiger partial charge in [0.2, 0.25) is 11.0 Å². The first-order valence-corrected chi connectivity index (χ1v) is 9.86. The second-order valence-electron chi connectivity index (χ2n) is 7.40. The fourth-order valence-electron chi connectivity index (χ4n) is 4.05. The van der Waals surface area contributed by atoms with Crippen molar-refractivity contribution in [3.05, 3.63) is 30.3 Å². The lowest BCUT2D eigenvalue weighted by Crippen LogP contribution is -2.52. The number of rotatable bonds is 3. The van der Waals surface area contributed by atoms with Crippen molar-refractivity contribution in [1.29, 1.82) is 0 Å². The molecule has 4 rings (SSSR count). The van der Waals surface area contributed by atoms with Crippen LogP contribution in [0.5, 0.6) is 0 Å². The second-order valence-corrected chi connectivity index (χ2v) is 8.36. The molecule has 0 bridgehead atoms. The summed E-state index contributed by atoms with van der Waals surface area (Å²) in [5.74, 6) is 0.337. The SMILES string of the molecule is CC(C)N1CCC[C@]2(CCN(c3nnc(-c4ccccc4)s3)C2)C1=O. The summed E-state index contributed by atoms with van der Waals surface area (Å²) in [6, 6.07) is 10.4. The number of benzene rings is 1. The average molecular weight is 356 g/mol. The van der Waals surface area contributed by atoms with Crippen LogP contribution in [0.1, 0.15) is 33.1 Å². The zero-order valence-corrected chi connectivity index (χ0v) is 15.6. The van der Waals surface area contributed by atoms with E-state index < -0.39 is 0 Å². The number of carbonyl (C=O) groups excluding carboxylic acids is 1. The minimum atomic E-state index is -0.221. The summed E-state index contributed by atoms with van der Waals surface area (Å²) in [6.45, 7) is 6.79.